The van der Waals surface area contributed by atoms with E-state index in [4.69, 9.17) is 0 Å². The van der Waals surface area contributed by atoms with E-state index in [2.05, 4.69) is 27.8 Å². The van der Waals surface area contributed by atoms with Gasteiger partial charge in [0, 0.05) is 24.0 Å². The van der Waals surface area contributed by atoms with Crippen LogP contribution in [0.2, 0.25) is 0 Å². The number of carbonyl (C=O) groups is 1. The van der Waals surface area contributed by atoms with Gasteiger partial charge in [-0.15, -0.1) is 21.5 Å². The summed E-state index contributed by atoms with van der Waals surface area (Å²) >= 11 is 1.72. The number of rotatable bonds is 2. The lowest BCUT2D eigenvalue weighted by Crippen LogP contribution is -2.38. The van der Waals surface area contributed by atoms with E-state index in [-0.39, 0.29) is 5.91 Å². The van der Waals surface area contributed by atoms with Crippen molar-refractivity contribution in [2.24, 2.45) is 5.92 Å². The molecular weight excluding hydrogens is 308 g/mol. The Bertz CT molecular complexity index is 686. The molecule has 0 bridgehead atoms. The molecule has 1 aliphatic heterocycles. The first-order chi connectivity index (χ1) is 11.2. The molecule has 0 aromatic carbocycles. The van der Waals surface area contributed by atoms with Gasteiger partial charge in [-0.3, -0.25) is 4.79 Å². The molecular formula is C17H22N4OS. The molecule has 1 aliphatic carbocycles. The highest BCUT2D eigenvalue weighted by molar-refractivity contribution is 7.14. The maximum atomic E-state index is 12.8. The fourth-order valence-electron chi connectivity index (χ4n) is 3.73. The van der Waals surface area contributed by atoms with E-state index in [1.807, 2.05) is 4.90 Å². The molecule has 2 aliphatic rings. The predicted octanol–water partition coefficient (Wildman–Crippen LogP) is 2.94. The molecule has 23 heavy (non-hydrogen) atoms. The van der Waals surface area contributed by atoms with Gasteiger partial charge in [0.1, 0.15) is 12.7 Å². The standard InChI is InChI=1S/C17H22N4OS/c1-12-2-3-15-13(8-12)9-16(23-15)17(22)20-6-4-14(5-7-20)21-10-18-19-11-21/h9-12,14H,2-8H2,1H3. The second kappa shape index (κ2) is 6.07. The van der Waals surface area contributed by atoms with Crippen molar-refractivity contribution in [1.82, 2.24) is 19.7 Å². The van der Waals surface area contributed by atoms with Gasteiger partial charge >= 0.3 is 0 Å². The monoisotopic (exact) mass is 330 g/mol. The summed E-state index contributed by atoms with van der Waals surface area (Å²) in [4.78, 5) is 17.2. The van der Waals surface area contributed by atoms with Gasteiger partial charge in [0.15, 0.2) is 0 Å². The molecule has 1 amide bonds. The van der Waals surface area contributed by atoms with Crippen molar-refractivity contribution in [3.8, 4) is 0 Å². The summed E-state index contributed by atoms with van der Waals surface area (Å²) in [6, 6.07) is 2.58. The maximum absolute atomic E-state index is 12.8. The summed E-state index contributed by atoms with van der Waals surface area (Å²) in [7, 11) is 0. The molecule has 4 rings (SSSR count). The summed E-state index contributed by atoms with van der Waals surface area (Å²) in [6.45, 7) is 3.94. The predicted molar refractivity (Wildman–Crippen MR) is 89.7 cm³/mol. The van der Waals surface area contributed by atoms with Crippen molar-refractivity contribution in [1.29, 1.82) is 0 Å². The van der Waals surface area contributed by atoms with Gasteiger partial charge in [0.25, 0.3) is 5.91 Å². The van der Waals surface area contributed by atoms with Crippen LogP contribution < -0.4 is 0 Å². The van der Waals surface area contributed by atoms with Crippen LogP contribution in [0.1, 0.15) is 52.3 Å². The summed E-state index contributed by atoms with van der Waals surface area (Å²) in [5, 5.41) is 7.75. The third kappa shape index (κ3) is 2.92. The fraction of sp³-hybridized carbons (Fsp3) is 0.588. The Morgan fingerprint density at radius 2 is 1.96 bits per heavy atom. The lowest BCUT2D eigenvalue weighted by molar-refractivity contribution is 0.0699. The summed E-state index contributed by atoms with van der Waals surface area (Å²) in [6.07, 6.45) is 9.04. The molecule has 0 spiro atoms. The highest BCUT2D eigenvalue weighted by Gasteiger charge is 2.27. The number of aryl methyl sites for hydroxylation is 1. The van der Waals surface area contributed by atoms with Crippen LogP contribution in [0.5, 0.6) is 0 Å². The second-order valence-electron chi connectivity index (χ2n) is 6.84. The quantitative estimate of drug-likeness (QED) is 0.851. The van der Waals surface area contributed by atoms with Gasteiger partial charge < -0.3 is 9.47 Å². The molecule has 5 nitrogen and oxygen atoms in total. The van der Waals surface area contributed by atoms with Crippen molar-refractivity contribution in [2.75, 3.05) is 13.1 Å². The highest BCUT2D eigenvalue weighted by atomic mass is 32.1. The topological polar surface area (TPSA) is 51.0 Å². The Labute approximate surface area is 140 Å². The van der Waals surface area contributed by atoms with Gasteiger partial charge in [-0.05, 0) is 49.7 Å². The average Bonchev–Trinajstić information content (AvgIpc) is 3.23. The fourth-order valence-corrected chi connectivity index (χ4v) is 4.91. The Morgan fingerprint density at radius 1 is 1.22 bits per heavy atom. The maximum Gasteiger partial charge on any atom is 0.263 e. The number of fused-ring (bicyclic) bond motifs is 1. The van der Waals surface area contributed by atoms with Gasteiger partial charge in [-0.2, -0.15) is 0 Å². The minimum atomic E-state index is 0.222. The van der Waals surface area contributed by atoms with Crippen LogP contribution in [0.25, 0.3) is 0 Å². The zero-order valence-electron chi connectivity index (χ0n) is 13.4. The minimum absolute atomic E-state index is 0.222. The van der Waals surface area contributed by atoms with Crippen LogP contribution in [-0.4, -0.2) is 38.7 Å². The molecule has 1 fully saturated rings. The van der Waals surface area contributed by atoms with Crippen LogP contribution in [0, 0.1) is 5.92 Å². The number of thiophene rings is 1. The van der Waals surface area contributed by atoms with E-state index in [9.17, 15) is 4.79 Å². The molecule has 2 aromatic heterocycles. The zero-order valence-corrected chi connectivity index (χ0v) is 14.3. The summed E-state index contributed by atoms with van der Waals surface area (Å²) < 4.78 is 2.06. The van der Waals surface area contributed by atoms with Gasteiger partial charge in [0.2, 0.25) is 0 Å². The van der Waals surface area contributed by atoms with Crippen LogP contribution in [-0.2, 0) is 12.8 Å². The lowest BCUT2D eigenvalue weighted by atomic mass is 9.90. The zero-order chi connectivity index (χ0) is 15.8. The Balaban J connectivity index is 1.42. The molecule has 3 heterocycles. The molecule has 6 heteroatoms. The average molecular weight is 330 g/mol. The van der Waals surface area contributed by atoms with E-state index in [1.54, 1.807) is 24.0 Å². The largest absolute Gasteiger partial charge is 0.338 e. The second-order valence-corrected chi connectivity index (χ2v) is 7.98. The summed E-state index contributed by atoms with van der Waals surface area (Å²) in [5.41, 5.74) is 1.41. The number of likely N-dealkylation sites (tertiary alicyclic amines) is 1. The van der Waals surface area contributed by atoms with Crippen molar-refractivity contribution < 1.29 is 4.79 Å². The van der Waals surface area contributed by atoms with Gasteiger partial charge in [-0.25, -0.2) is 0 Å². The normalized spacial score (nSPS) is 22.1. The number of amides is 1. The van der Waals surface area contributed by atoms with E-state index >= 15 is 0 Å². The smallest absolute Gasteiger partial charge is 0.263 e. The molecule has 0 radical (unpaired) electrons. The van der Waals surface area contributed by atoms with E-state index < -0.39 is 0 Å². The first-order valence-electron chi connectivity index (χ1n) is 8.45. The molecule has 0 saturated carbocycles. The van der Waals surface area contributed by atoms with Crippen molar-refractivity contribution >= 4 is 17.2 Å². The van der Waals surface area contributed by atoms with Crippen LogP contribution >= 0.6 is 11.3 Å². The number of nitrogens with zero attached hydrogens (tertiary/aromatic N) is 4. The first kappa shape index (κ1) is 14.9. The van der Waals surface area contributed by atoms with Crippen molar-refractivity contribution in [2.45, 2.75) is 45.1 Å². The molecule has 2 aromatic rings. The number of piperidine rings is 1. The van der Waals surface area contributed by atoms with Crippen LogP contribution in [0.3, 0.4) is 0 Å². The van der Waals surface area contributed by atoms with E-state index in [0.717, 1.165) is 49.6 Å². The third-order valence-corrected chi connectivity index (χ3v) is 6.38. The van der Waals surface area contributed by atoms with Crippen LogP contribution in [0.4, 0.5) is 0 Å². The van der Waals surface area contributed by atoms with Crippen molar-refractivity contribution in [3.63, 3.8) is 0 Å². The minimum Gasteiger partial charge on any atom is -0.338 e. The van der Waals surface area contributed by atoms with E-state index in [1.165, 1.54) is 16.9 Å². The Morgan fingerprint density at radius 3 is 2.70 bits per heavy atom. The van der Waals surface area contributed by atoms with Crippen LogP contribution in [0.15, 0.2) is 18.7 Å². The Kier molecular flexibility index (Phi) is 3.93. The van der Waals surface area contributed by atoms with Crippen molar-refractivity contribution in [3.05, 3.63) is 34.0 Å². The molecule has 122 valence electrons. The SMILES string of the molecule is CC1CCc2sc(C(=O)N3CCC(n4cnnc4)CC3)cc2C1. The first-order valence-corrected chi connectivity index (χ1v) is 9.27. The third-order valence-electron chi connectivity index (χ3n) is 5.15. The number of hydrogen-bond acceptors (Lipinski definition) is 4. The van der Waals surface area contributed by atoms with Gasteiger partial charge in [-0.1, -0.05) is 6.92 Å². The molecule has 1 atom stereocenters. The number of aromatic nitrogens is 3. The molecule has 0 N–H and O–H groups in total. The molecule has 1 saturated heterocycles. The summed E-state index contributed by atoms with van der Waals surface area (Å²) in [5.74, 6) is 0.971. The van der Waals surface area contributed by atoms with Gasteiger partial charge in [0.05, 0.1) is 4.88 Å². The molecule has 1 unspecified atom stereocenters. The van der Waals surface area contributed by atoms with E-state index in [0.29, 0.717) is 6.04 Å². The highest BCUT2D eigenvalue weighted by Crippen LogP contribution is 2.33. The lowest BCUT2D eigenvalue weighted by Gasteiger charge is -2.32. The number of carbonyl (C=O) groups excluding carboxylic acids is 1. The number of hydrogen-bond donors (Lipinski definition) is 0. The Hall–Kier alpha value is -1.69.